The molecular weight excluding hydrogens is 376 g/mol. The van der Waals surface area contributed by atoms with Crippen LogP contribution in [-0.2, 0) is 4.79 Å². The van der Waals surface area contributed by atoms with E-state index in [1.165, 1.54) is 5.39 Å². The van der Waals surface area contributed by atoms with Crippen molar-refractivity contribution >= 4 is 16.6 Å². The highest BCUT2D eigenvalue weighted by Crippen LogP contribution is 2.32. The number of nitrogens with zero attached hydrogens (tertiary/aromatic N) is 4. The van der Waals surface area contributed by atoms with Gasteiger partial charge in [0.2, 0.25) is 0 Å². The van der Waals surface area contributed by atoms with E-state index >= 15 is 0 Å². The number of rotatable bonds is 7. The van der Waals surface area contributed by atoms with Gasteiger partial charge in [-0.05, 0) is 68.9 Å². The van der Waals surface area contributed by atoms with Crippen molar-refractivity contribution in [2.75, 3.05) is 26.7 Å². The van der Waals surface area contributed by atoms with Gasteiger partial charge in [0.15, 0.2) is 0 Å². The van der Waals surface area contributed by atoms with E-state index in [1.54, 1.807) is 19.6 Å². The number of carbonyl (C=O) groups is 1. The summed E-state index contributed by atoms with van der Waals surface area (Å²) in [7, 11) is 1.71. The largest absolute Gasteiger partial charge is 0.496 e. The number of pyridine rings is 1. The van der Waals surface area contributed by atoms with Crippen molar-refractivity contribution < 1.29 is 9.53 Å². The maximum atomic E-state index is 12.5. The fourth-order valence-electron chi connectivity index (χ4n) is 4.47. The summed E-state index contributed by atoms with van der Waals surface area (Å²) in [5.41, 5.74) is 2.31. The second-order valence-corrected chi connectivity index (χ2v) is 8.38. The minimum Gasteiger partial charge on any atom is -0.496 e. The molecule has 2 aromatic heterocycles. The quantitative estimate of drug-likeness (QED) is 0.590. The Morgan fingerprint density at radius 3 is 2.80 bits per heavy atom. The van der Waals surface area contributed by atoms with E-state index in [9.17, 15) is 4.79 Å². The fourth-order valence-corrected chi connectivity index (χ4v) is 4.47. The zero-order valence-electron chi connectivity index (χ0n) is 18.0. The van der Waals surface area contributed by atoms with E-state index in [-0.39, 0.29) is 6.04 Å². The molecule has 6 nitrogen and oxygen atoms in total. The summed E-state index contributed by atoms with van der Waals surface area (Å²) in [6.45, 7) is 6.57. The third-order valence-electron chi connectivity index (χ3n) is 6.33. The van der Waals surface area contributed by atoms with Crippen LogP contribution in [0.4, 0.5) is 0 Å². The van der Waals surface area contributed by atoms with Crippen molar-refractivity contribution in [2.24, 2.45) is 0 Å². The number of aryl methyl sites for hydroxylation is 1. The lowest BCUT2D eigenvalue weighted by atomic mass is 9.91. The van der Waals surface area contributed by atoms with Gasteiger partial charge in [-0.15, -0.1) is 0 Å². The molecule has 4 rings (SSSR count). The molecular formula is C24H30N4O2. The van der Waals surface area contributed by atoms with Crippen LogP contribution >= 0.6 is 0 Å². The van der Waals surface area contributed by atoms with E-state index in [1.807, 2.05) is 23.0 Å². The van der Waals surface area contributed by atoms with E-state index in [0.717, 1.165) is 48.3 Å². The number of ether oxygens (including phenoxy) is 1. The Kier molecular flexibility index (Phi) is 6.13. The van der Waals surface area contributed by atoms with Gasteiger partial charge < -0.3 is 9.30 Å². The minimum atomic E-state index is 0.152. The molecule has 158 valence electrons. The van der Waals surface area contributed by atoms with Gasteiger partial charge in [-0.2, -0.15) is 0 Å². The van der Waals surface area contributed by atoms with Gasteiger partial charge in [-0.1, -0.05) is 0 Å². The van der Waals surface area contributed by atoms with Crippen molar-refractivity contribution in [3.8, 4) is 5.75 Å². The second-order valence-electron chi connectivity index (χ2n) is 8.38. The zero-order valence-corrected chi connectivity index (χ0v) is 18.0. The molecule has 6 heteroatoms. The number of fused-ring (bicyclic) bond motifs is 1. The average Bonchev–Trinajstić information content (AvgIpc) is 3.30. The molecule has 1 saturated heterocycles. The number of likely N-dealkylation sites (tertiary alicyclic amines) is 1. The molecule has 0 radical (unpaired) electrons. The van der Waals surface area contributed by atoms with Crippen molar-refractivity contribution in [2.45, 2.75) is 45.1 Å². The lowest BCUT2D eigenvalue weighted by Gasteiger charge is -2.31. The van der Waals surface area contributed by atoms with Crippen LogP contribution in [0.25, 0.3) is 10.8 Å². The highest BCUT2D eigenvalue weighted by Gasteiger charge is 2.24. The number of aromatic nitrogens is 3. The molecule has 0 spiro atoms. The predicted molar refractivity (Wildman–Crippen MR) is 118 cm³/mol. The van der Waals surface area contributed by atoms with E-state index in [0.29, 0.717) is 24.7 Å². The molecule has 3 aromatic rings. The number of ketones is 1. The first-order valence-corrected chi connectivity index (χ1v) is 10.7. The first-order valence-electron chi connectivity index (χ1n) is 10.7. The smallest absolute Gasteiger partial charge is 0.148 e. The first-order chi connectivity index (χ1) is 14.5. The van der Waals surface area contributed by atoms with Crippen molar-refractivity contribution in [3.63, 3.8) is 0 Å². The maximum absolute atomic E-state index is 12.5. The normalized spacial score (nSPS) is 16.6. The molecule has 0 bridgehead atoms. The minimum absolute atomic E-state index is 0.152. The van der Waals surface area contributed by atoms with Crippen LogP contribution in [0.2, 0.25) is 0 Å². The Bertz CT molecular complexity index is 1010. The molecule has 1 fully saturated rings. The fraction of sp³-hybridized carbons (Fsp3) is 0.458. The summed E-state index contributed by atoms with van der Waals surface area (Å²) < 4.78 is 7.47. The maximum Gasteiger partial charge on any atom is 0.148 e. The molecule has 1 aromatic carbocycles. The number of piperidine rings is 1. The lowest BCUT2D eigenvalue weighted by Crippen LogP contribution is -2.37. The predicted octanol–water partition coefficient (Wildman–Crippen LogP) is 4.15. The Hall–Kier alpha value is -2.73. The van der Waals surface area contributed by atoms with Gasteiger partial charge in [0, 0.05) is 48.1 Å². The first kappa shape index (κ1) is 20.5. The number of benzene rings is 1. The third-order valence-corrected chi connectivity index (χ3v) is 6.33. The van der Waals surface area contributed by atoms with E-state index in [4.69, 9.17) is 9.72 Å². The highest BCUT2D eigenvalue weighted by molar-refractivity contribution is 5.87. The standard InChI is InChI=1S/C24H30N4O2/c1-17(28-11-8-25-16-28)12-21(29)15-27-9-6-19(7-10-27)23-13-22-18(2)24(30-3)5-4-20(22)14-26-23/h4-5,8,11,13-14,16-17,19H,6-7,9-10,12,15H2,1-3H3. The van der Waals surface area contributed by atoms with Crippen LogP contribution in [0, 0.1) is 6.92 Å². The molecule has 0 saturated carbocycles. The van der Waals surface area contributed by atoms with Crippen LogP contribution in [0.15, 0.2) is 43.1 Å². The summed E-state index contributed by atoms with van der Waals surface area (Å²) in [4.78, 5) is 23.6. The molecule has 0 aliphatic carbocycles. The lowest BCUT2D eigenvalue weighted by molar-refractivity contribution is -0.121. The van der Waals surface area contributed by atoms with Crippen molar-refractivity contribution in [3.05, 3.63) is 54.4 Å². The van der Waals surface area contributed by atoms with Gasteiger partial charge in [0.25, 0.3) is 0 Å². The van der Waals surface area contributed by atoms with Crippen LogP contribution in [0.5, 0.6) is 5.75 Å². The highest BCUT2D eigenvalue weighted by atomic mass is 16.5. The molecule has 3 heterocycles. The number of hydrogen-bond donors (Lipinski definition) is 0. The summed E-state index contributed by atoms with van der Waals surface area (Å²) in [6.07, 6.45) is 10.0. The van der Waals surface area contributed by atoms with Gasteiger partial charge in [-0.3, -0.25) is 14.7 Å². The van der Waals surface area contributed by atoms with Crippen LogP contribution in [-0.4, -0.2) is 52.0 Å². The number of carbonyl (C=O) groups excluding carboxylic acids is 1. The Morgan fingerprint density at radius 1 is 1.30 bits per heavy atom. The molecule has 0 N–H and O–H groups in total. The van der Waals surface area contributed by atoms with E-state index in [2.05, 4.69) is 35.9 Å². The summed E-state index contributed by atoms with van der Waals surface area (Å²) in [6, 6.07) is 6.45. The molecule has 1 atom stereocenters. The van der Waals surface area contributed by atoms with E-state index < -0.39 is 0 Å². The molecule has 1 unspecified atom stereocenters. The van der Waals surface area contributed by atoms with Crippen LogP contribution in [0.3, 0.4) is 0 Å². The topological polar surface area (TPSA) is 60.2 Å². The van der Waals surface area contributed by atoms with Crippen molar-refractivity contribution in [1.82, 2.24) is 19.4 Å². The van der Waals surface area contributed by atoms with Gasteiger partial charge in [0.1, 0.15) is 11.5 Å². The van der Waals surface area contributed by atoms with Crippen LogP contribution < -0.4 is 4.74 Å². The molecule has 1 aliphatic heterocycles. The van der Waals surface area contributed by atoms with Gasteiger partial charge in [0.05, 0.1) is 20.0 Å². The monoisotopic (exact) mass is 406 g/mol. The Morgan fingerprint density at radius 2 is 2.10 bits per heavy atom. The van der Waals surface area contributed by atoms with Gasteiger partial charge >= 0.3 is 0 Å². The number of methoxy groups -OCH3 is 1. The summed E-state index contributed by atoms with van der Waals surface area (Å²) >= 11 is 0. The zero-order chi connectivity index (χ0) is 21.1. The number of imidazole rings is 1. The summed E-state index contributed by atoms with van der Waals surface area (Å²) in [5, 5.41) is 2.36. The molecule has 30 heavy (non-hydrogen) atoms. The average molecular weight is 407 g/mol. The molecule has 1 aliphatic rings. The van der Waals surface area contributed by atoms with Crippen molar-refractivity contribution in [1.29, 1.82) is 0 Å². The second kappa shape index (κ2) is 8.96. The Labute approximate surface area is 177 Å². The SMILES string of the molecule is COc1ccc2cnc(C3CCN(CC(=O)CC(C)n4ccnc4)CC3)cc2c1C. The summed E-state index contributed by atoms with van der Waals surface area (Å²) in [5.74, 6) is 1.65. The molecule has 0 amide bonds. The Balaban J connectivity index is 1.35. The third kappa shape index (κ3) is 4.38. The van der Waals surface area contributed by atoms with Crippen LogP contribution in [0.1, 0.15) is 49.4 Å². The van der Waals surface area contributed by atoms with Gasteiger partial charge in [-0.25, -0.2) is 4.98 Å². The number of Topliss-reactive ketones (excluding diaryl/α,β-unsaturated/α-hetero) is 1. The number of hydrogen-bond acceptors (Lipinski definition) is 5.